The van der Waals surface area contributed by atoms with Gasteiger partial charge in [0.25, 0.3) is 5.78 Å². The number of carbonyl (C=O) groups is 2. The van der Waals surface area contributed by atoms with Crippen LogP contribution in [0.25, 0.3) is 0 Å². The number of ether oxygens (including phenoxy) is 2. The Kier molecular flexibility index (Phi) is 2.52. The minimum Gasteiger partial charge on any atom is -0.486 e. The molecule has 0 unspecified atom stereocenters. The number of aryl methyl sites for hydroxylation is 1. The second-order valence-electron chi connectivity index (χ2n) is 3.47. The number of aliphatic carboxylic acids is 1. The van der Waals surface area contributed by atoms with Crippen molar-refractivity contribution in [3.8, 4) is 11.5 Å². The molecule has 2 rings (SSSR count). The lowest BCUT2D eigenvalue weighted by atomic mass is 10.1. The van der Waals surface area contributed by atoms with Crippen LogP contribution >= 0.6 is 0 Å². The maximum absolute atomic E-state index is 11.4. The summed E-state index contributed by atoms with van der Waals surface area (Å²) in [6, 6.07) is 3.21. The summed E-state index contributed by atoms with van der Waals surface area (Å²) >= 11 is 0. The summed E-state index contributed by atoms with van der Waals surface area (Å²) in [4.78, 5) is 22.1. The summed E-state index contributed by atoms with van der Waals surface area (Å²) in [5.41, 5.74) is 0.802. The fourth-order valence-corrected chi connectivity index (χ4v) is 1.58. The van der Waals surface area contributed by atoms with E-state index in [-0.39, 0.29) is 11.3 Å². The number of carboxylic acid groups (broad SMARTS) is 1. The maximum atomic E-state index is 11.4. The number of fused-ring (bicyclic) bond motifs is 1. The van der Waals surface area contributed by atoms with Crippen molar-refractivity contribution in [3.63, 3.8) is 0 Å². The Morgan fingerprint density at radius 1 is 1.25 bits per heavy atom. The summed E-state index contributed by atoms with van der Waals surface area (Å²) in [7, 11) is 0. The molecule has 0 atom stereocenters. The first kappa shape index (κ1) is 10.5. The van der Waals surface area contributed by atoms with Crippen molar-refractivity contribution in [1.29, 1.82) is 0 Å². The lowest BCUT2D eigenvalue weighted by molar-refractivity contribution is -0.131. The van der Waals surface area contributed by atoms with Gasteiger partial charge in [0.15, 0.2) is 11.5 Å². The van der Waals surface area contributed by atoms with Crippen molar-refractivity contribution in [1.82, 2.24) is 0 Å². The zero-order valence-electron chi connectivity index (χ0n) is 8.65. The van der Waals surface area contributed by atoms with Gasteiger partial charge in [0.2, 0.25) is 0 Å². The summed E-state index contributed by atoms with van der Waals surface area (Å²) in [5.74, 6) is -1.83. The molecule has 5 heteroatoms. The summed E-state index contributed by atoms with van der Waals surface area (Å²) in [5, 5.41) is 8.68. The molecule has 0 bridgehead atoms. The molecule has 0 fully saturated rings. The van der Waals surface area contributed by atoms with Crippen LogP contribution in [0.5, 0.6) is 11.5 Å². The molecule has 1 aliphatic rings. The zero-order valence-corrected chi connectivity index (χ0v) is 8.65. The second-order valence-corrected chi connectivity index (χ2v) is 3.47. The fraction of sp³-hybridized carbons (Fsp3) is 0.273. The van der Waals surface area contributed by atoms with Crippen molar-refractivity contribution < 1.29 is 24.2 Å². The molecule has 1 N–H and O–H groups in total. The lowest BCUT2D eigenvalue weighted by Gasteiger charge is -2.20. The van der Waals surface area contributed by atoms with E-state index < -0.39 is 11.8 Å². The van der Waals surface area contributed by atoms with Crippen molar-refractivity contribution in [2.45, 2.75) is 6.92 Å². The standard InChI is InChI=1S/C11H10O5/c1-6-4-7(9(12)11(13)14)10-8(5-6)15-2-3-16-10/h4-5H,2-3H2,1H3,(H,13,14). The number of carboxylic acids is 1. The first-order valence-corrected chi connectivity index (χ1v) is 4.77. The number of benzene rings is 1. The molecular weight excluding hydrogens is 212 g/mol. The number of ketones is 1. The van der Waals surface area contributed by atoms with E-state index in [9.17, 15) is 9.59 Å². The third-order valence-corrected chi connectivity index (χ3v) is 2.23. The molecule has 16 heavy (non-hydrogen) atoms. The number of hydrogen-bond donors (Lipinski definition) is 1. The highest BCUT2D eigenvalue weighted by Gasteiger charge is 2.25. The van der Waals surface area contributed by atoms with Crippen molar-refractivity contribution >= 4 is 11.8 Å². The molecule has 0 saturated carbocycles. The normalized spacial score (nSPS) is 13.3. The van der Waals surface area contributed by atoms with Crippen LogP contribution in [0.4, 0.5) is 0 Å². The van der Waals surface area contributed by atoms with Gasteiger partial charge in [-0.25, -0.2) is 4.79 Å². The highest BCUT2D eigenvalue weighted by atomic mass is 16.6. The van der Waals surface area contributed by atoms with Crippen LogP contribution in [0.3, 0.4) is 0 Å². The summed E-state index contributed by atoms with van der Waals surface area (Å²) in [6.45, 7) is 2.48. The Labute approximate surface area is 91.6 Å². The van der Waals surface area contributed by atoms with Gasteiger partial charge in [-0.05, 0) is 24.6 Å². The predicted octanol–water partition coefficient (Wildman–Crippen LogP) is 1.03. The van der Waals surface area contributed by atoms with E-state index in [1.165, 1.54) is 6.07 Å². The highest BCUT2D eigenvalue weighted by Crippen LogP contribution is 2.35. The van der Waals surface area contributed by atoms with Crippen LogP contribution in [-0.2, 0) is 4.79 Å². The fourth-order valence-electron chi connectivity index (χ4n) is 1.58. The Morgan fingerprint density at radius 3 is 2.62 bits per heavy atom. The highest BCUT2D eigenvalue weighted by molar-refractivity contribution is 6.40. The van der Waals surface area contributed by atoms with Crippen LogP contribution in [0.2, 0.25) is 0 Å². The van der Waals surface area contributed by atoms with E-state index in [4.69, 9.17) is 14.6 Å². The van der Waals surface area contributed by atoms with E-state index in [1.807, 2.05) is 0 Å². The molecule has 1 aromatic carbocycles. The molecule has 1 aliphatic heterocycles. The zero-order chi connectivity index (χ0) is 11.7. The lowest BCUT2D eigenvalue weighted by Crippen LogP contribution is -2.20. The van der Waals surface area contributed by atoms with Gasteiger partial charge in [-0.3, -0.25) is 4.79 Å². The molecule has 0 amide bonds. The van der Waals surface area contributed by atoms with Gasteiger partial charge in [0.1, 0.15) is 13.2 Å². The predicted molar refractivity (Wildman–Crippen MR) is 54.1 cm³/mol. The molecule has 1 heterocycles. The molecule has 84 valence electrons. The van der Waals surface area contributed by atoms with Crippen LogP contribution in [0.15, 0.2) is 12.1 Å². The maximum Gasteiger partial charge on any atom is 0.377 e. The first-order valence-electron chi connectivity index (χ1n) is 4.77. The van der Waals surface area contributed by atoms with Crippen LogP contribution in [-0.4, -0.2) is 30.1 Å². The van der Waals surface area contributed by atoms with Gasteiger partial charge < -0.3 is 14.6 Å². The minimum atomic E-state index is -1.50. The Morgan fingerprint density at radius 2 is 1.94 bits per heavy atom. The third kappa shape index (κ3) is 1.71. The monoisotopic (exact) mass is 222 g/mol. The smallest absolute Gasteiger partial charge is 0.377 e. The molecule has 1 aromatic rings. The van der Waals surface area contributed by atoms with Gasteiger partial charge in [-0.1, -0.05) is 0 Å². The van der Waals surface area contributed by atoms with Crippen LogP contribution in [0.1, 0.15) is 15.9 Å². The number of hydrogen-bond acceptors (Lipinski definition) is 4. The van der Waals surface area contributed by atoms with Crippen LogP contribution in [0, 0.1) is 6.92 Å². The molecular formula is C11H10O5. The molecule has 0 aliphatic carbocycles. The molecule has 5 nitrogen and oxygen atoms in total. The number of rotatable bonds is 2. The molecule has 0 spiro atoms. The van der Waals surface area contributed by atoms with Crippen molar-refractivity contribution in [2.24, 2.45) is 0 Å². The SMILES string of the molecule is Cc1cc2c(c(C(=O)C(=O)O)c1)OCCO2. The van der Waals surface area contributed by atoms with Crippen molar-refractivity contribution in [3.05, 3.63) is 23.3 Å². The number of Topliss-reactive ketones (excluding diaryl/α,β-unsaturated/α-hetero) is 1. The van der Waals surface area contributed by atoms with Gasteiger partial charge >= 0.3 is 5.97 Å². The molecule has 0 aromatic heterocycles. The van der Waals surface area contributed by atoms with Gasteiger partial charge in [-0.2, -0.15) is 0 Å². The average Bonchev–Trinajstić information content (AvgIpc) is 2.26. The van der Waals surface area contributed by atoms with Crippen molar-refractivity contribution in [2.75, 3.05) is 13.2 Å². The largest absolute Gasteiger partial charge is 0.486 e. The van der Waals surface area contributed by atoms with Gasteiger partial charge in [-0.15, -0.1) is 0 Å². The second kappa shape index (κ2) is 3.84. The first-order chi connectivity index (χ1) is 7.59. The van der Waals surface area contributed by atoms with Crippen LogP contribution < -0.4 is 9.47 Å². The van der Waals surface area contributed by atoms with E-state index in [0.717, 1.165) is 5.56 Å². The van der Waals surface area contributed by atoms with E-state index in [1.54, 1.807) is 13.0 Å². The topological polar surface area (TPSA) is 72.8 Å². The quantitative estimate of drug-likeness (QED) is 0.597. The third-order valence-electron chi connectivity index (χ3n) is 2.23. The van der Waals surface area contributed by atoms with E-state index in [2.05, 4.69) is 0 Å². The molecule has 0 radical (unpaired) electrons. The van der Waals surface area contributed by atoms with Gasteiger partial charge in [0.05, 0.1) is 5.56 Å². The number of carbonyl (C=O) groups excluding carboxylic acids is 1. The summed E-state index contributed by atoms with van der Waals surface area (Å²) < 4.78 is 10.6. The molecule has 0 saturated heterocycles. The minimum absolute atomic E-state index is 0.0437. The Hall–Kier alpha value is -2.04. The van der Waals surface area contributed by atoms with Gasteiger partial charge in [0, 0.05) is 0 Å². The van der Waals surface area contributed by atoms with E-state index >= 15 is 0 Å². The summed E-state index contributed by atoms with van der Waals surface area (Å²) in [6.07, 6.45) is 0. The Balaban J connectivity index is 2.55. The average molecular weight is 222 g/mol. The van der Waals surface area contributed by atoms with E-state index in [0.29, 0.717) is 19.0 Å². The Bertz CT molecular complexity index is 464.